The van der Waals surface area contributed by atoms with Crippen LogP contribution in [0.1, 0.15) is 28.9 Å². The first-order chi connectivity index (χ1) is 16.0. The standard InChI is InChI=1S/C24H22FN3O5/c25-15-4-5-22-17(10-15)14(13-33-22)12-32-21-3-1-2-19-18(21)11-20(27-19)23(29)26-16-6-8-28(9-7-16)24(30)31/h1-5,10-11,13,16,27H,6-9,12H2,(H,26,29)(H,30,31). The normalized spacial score (nSPS) is 14.6. The first-order valence-corrected chi connectivity index (χ1v) is 10.7. The molecule has 9 heteroatoms. The number of hydrogen-bond donors (Lipinski definition) is 3. The van der Waals surface area contributed by atoms with Crippen molar-refractivity contribution >= 4 is 33.9 Å². The second-order valence-electron chi connectivity index (χ2n) is 8.11. The summed E-state index contributed by atoms with van der Waals surface area (Å²) >= 11 is 0. The number of likely N-dealkylation sites (tertiary alicyclic amines) is 1. The molecule has 0 aliphatic carbocycles. The van der Waals surface area contributed by atoms with Crippen LogP contribution >= 0.6 is 0 Å². The zero-order valence-electron chi connectivity index (χ0n) is 17.6. The van der Waals surface area contributed by atoms with Crippen LogP contribution in [0, 0.1) is 5.82 Å². The van der Waals surface area contributed by atoms with Crippen LogP contribution in [0.4, 0.5) is 9.18 Å². The number of furan rings is 1. The van der Waals surface area contributed by atoms with Gasteiger partial charge < -0.3 is 29.5 Å². The molecule has 0 saturated carbocycles. The summed E-state index contributed by atoms with van der Waals surface area (Å²) in [6.45, 7) is 0.986. The Labute approximate surface area is 187 Å². The van der Waals surface area contributed by atoms with Gasteiger partial charge in [-0.25, -0.2) is 9.18 Å². The Bertz CT molecular complexity index is 1340. The minimum Gasteiger partial charge on any atom is -0.488 e. The lowest BCUT2D eigenvalue weighted by Crippen LogP contribution is -2.46. The van der Waals surface area contributed by atoms with Crippen molar-refractivity contribution in [2.75, 3.05) is 13.1 Å². The van der Waals surface area contributed by atoms with E-state index in [1.54, 1.807) is 18.4 Å². The molecule has 0 radical (unpaired) electrons. The number of aromatic amines is 1. The summed E-state index contributed by atoms with van der Waals surface area (Å²) in [6.07, 6.45) is 1.77. The molecule has 2 aromatic heterocycles. The maximum Gasteiger partial charge on any atom is 0.407 e. The van der Waals surface area contributed by atoms with E-state index < -0.39 is 6.09 Å². The van der Waals surface area contributed by atoms with Gasteiger partial charge in [-0.3, -0.25) is 4.79 Å². The Hall–Kier alpha value is -4.01. The first kappa shape index (κ1) is 20.9. The van der Waals surface area contributed by atoms with Crippen LogP contribution in [0.25, 0.3) is 21.9 Å². The van der Waals surface area contributed by atoms with Crippen molar-refractivity contribution in [2.24, 2.45) is 0 Å². The van der Waals surface area contributed by atoms with Gasteiger partial charge in [0.05, 0.1) is 6.26 Å². The Kier molecular flexibility index (Phi) is 5.37. The number of halogens is 1. The number of rotatable bonds is 5. The van der Waals surface area contributed by atoms with E-state index in [4.69, 9.17) is 14.3 Å². The molecule has 8 nitrogen and oxygen atoms in total. The van der Waals surface area contributed by atoms with E-state index in [1.807, 2.05) is 18.2 Å². The molecule has 2 amide bonds. The number of H-pyrrole nitrogens is 1. The fourth-order valence-electron chi connectivity index (χ4n) is 4.18. The molecule has 33 heavy (non-hydrogen) atoms. The van der Waals surface area contributed by atoms with Crippen molar-refractivity contribution < 1.29 is 28.2 Å². The van der Waals surface area contributed by atoms with E-state index >= 15 is 0 Å². The highest BCUT2D eigenvalue weighted by atomic mass is 19.1. The van der Waals surface area contributed by atoms with Crippen LogP contribution in [0.15, 0.2) is 53.1 Å². The number of ether oxygens (including phenoxy) is 1. The average molecular weight is 451 g/mol. The molecule has 1 aliphatic rings. The van der Waals surface area contributed by atoms with Crippen LogP contribution < -0.4 is 10.1 Å². The van der Waals surface area contributed by atoms with E-state index in [9.17, 15) is 14.0 Å². The third-order valence-corrected chi connectivity index (χ3v) is 5.97. The van der Waals surface area contributed by atoms with Gasteiger partial charge in [0.2, 0.25) is 0 Å². The fraction of sp³-hybridized carbons (Fsp3) is 0.250. The third kappa shape index (κ3) is 4.21. The zero-order valence-corrected chi connectivity index (χ0v) is 17.6. The first-order valence-electron chi connectivity index (χ1n) is 10.7. The average Bonchev–Trinajstić information content (AvgIpc) is 3.42. The topological polar surface area (TPSA) is 108 Å². The molecule has 2 aromatic carbocycles. The number of carbonyl (C=O) groups is 2. The zero-order chi connectivity index (χ0) is 22.9. The predicted molar refractivity (Wildman–Crippen MR) is 119 cm³/mol. The van der Waals surface area contributed by atoms with Crippen molar-refractivity contribution in [1.82, 2.24) is 15.2 Å². The summed E-state index contributed by atoms with van der Waals surface area (Å²) in [5.74, 6) is -0.00674. The van der Waals surface area contributed by atoms with Crippen molar-refractivity contribution in [2.45, 2.75) is 25.5 Å². The monoisotopic (exact) mass is 451 g/mol. The smallest absolute Gasteiger partial charge is 0.407 e. The van der Waals surface area contributed by atoms with E-state index in [0.717, 1.165) is 16.5 Å². The molecule has 1 saturated heterocycles. The number of benzene rings is 2. The minimum atomic E-state index is -0.934. The molecule has 1 fully saturated rings. The second-order valence-corrected chi connectivity index (χ2v) is 8.11. The summed E-state index contributed by atoms with van der Waals surface area (Å²) < 4.78 is 25.1. The Morgan fingerprint density at radius 3 is 2.79 bits per heavy atom. The number of nitrogens with zero attached hydrogens (tertiary/aromatic N) is 1. The molecule has 1 aliphatic heterocycles. The summed E-state index contributed by atoms with van der Waals surface area (Å²) in [5.41, 5.74) is 2.46. The summed E-state index contributed by atoms with van der Waals surface area (Å²) in [7, 11) is 0. The fourth-order valence-corrected chi connectivity index (χ4v) is 4.18. The van der Waals surface area contributed by atoms with Crippen molar-refractivity contribution in [3.63, 3.8) is 0 Å². The molecule has 3 heterocycles. The highest BCUT2D eigenvalue weighted by Gasteiger charge is 2.24. The van der Waals surface area contributed by atoms with Gasteiger partial charge in [-0.1, -0.05) is 6.07 Å². The molecule has 0 atom stereocenters. The molecule has 0 bridgehead atoms. The SMILES string of the molecule is O=C(NC1CCN(C(=O)O)CC1)c1cc2c(OCc3coc4ccc(F)cc34)cccc2[nH]1. The maximum atomic E-state index is 13.6. The molecule has 5 rings (SSSR count). The Balaban J connectivity index is 1.29. The molecule has 170 valence electrons. The van der Waals surface area contributed by atoms with E-state index in [-0.39, 0.29) is 24.4 Å². The maximum absolute atomic E-state index is 13.6. The number of nitrogens with one attached hydrogen (secondary N) is 2. The van der Waals surface area contributed by atoms with E-state index in [2.05, 4.69) is 10.3 Å². The summed E-state index contributed by atoms with van der Waals surface area (Å²) in [4.78, 5) is 28.3. The van der Waals surface area contributed by atoms with Gasteiger partial charge in [0.25, 0.3) is 5.91 Å². The van der Waals surface area contributed by atoms with Crippen LogP contribution in [0.5, 0.6) is 5.75 Å². The van der Waals surface area contributed by atoms with E-state index in [1.165, 1.54) is 17.0 Å². The van der Waals surface area contributed by atoms with Crippen molar-refractivity contribution in [3.05, 3.63) is 65.8 Å². The second kappa shape index (κ2) is 8.50. The largest absolute Gasteiger partial charge is 0.488 e. The van der Waals surface area contributed by atoms with Gasteiger partial charge in [0.1, 0.15) is 29.5 Å². The van der Waals surface area contributed by atoms with Crippen LogP contribution in [-0.2, 0) is 6.61 Å². The van der Waals surface area contributed by atoms with Crippen molar-refractivity contribution in [3.8, 4) is 5.75 Å². The van der Waals surface area contributed by atoms with Gasteiger partial charge in [-0.05, 0) is 49.2 Å². The minimum absolute atomic E-state index is 0.0787. The van der Waals surface area contributed by atoms with Gasteiger partial charge in [0, 0.05) is 41.0 Å². The molecule has 0 unspecified atom stereocenters. The number of carboxylic acid groups (broad SMARTS) is 1. The number of piperidine rings is 1. The van der Waals surface area contributed by atoms with E-state index in [0.29, 0.717) is 48.3 Å². The highest BCUT2D eigenvalue weighted by Crippen LogP contribution is 2.29. The molecule has 3 N–H and O–H groups in total. The molecular formula is C24H22FN3O5. The van der Waals surface area contributed by atoms with Crippen LogP contribution in [0.2, 0.25) is 0 Å². The van der Waals surface area contributed by atoms with Gasteiger partial charge >= 0.3 is 6.09 Å². The predicted octanol–water partition coefficient (Wildman–Crippen LogP) is 4.50. The Morgan fingerprint density at radius 2 is 2.00 bits per heavy atom. The quantitative estimate of drug-likeness (QED) is 0.414. The number of amides is 2. The lowest BCUT2D eigenvalue weighted by molar-refractivity contribution is 0.0903. The van der Waals surface area contributed by atoms with Gasteiger partial charge in [0.15, 0.2) is 0 Å². The molecule has 4 aromatic rings. The van der Waals surface area contributed by atoms with Crippen LogP contribution in [-0.4, -0.2) is 46.1 Å². The number of hydrogen-bond acceptors (Lipinski definition) is 4. The van der Waals surface area contributed by atoms with Crippen LogP contribution in [0.3, 0.4) is 0 Å². The van der Waals surface area contributed by atoms with Gasteiger partial charge in [-0.15, -0.1) is 0 Å². The molecular weight excluding hydrogens is 429 g/mol. The highest BCUT2D eigenvalue weighted by molar-refractivity contribution is 5.99. The number of fused-ring (bicyclic) bond motifs is 2. The van der Waals surface area contributed by atoms with Gasteiger partial charge in [-0.2, -0.15) is 0 Å². The summed E-state index contributed by atoms with van der Waals surface area (Å²) in [5, 5.41) is 13.4. The number of aromatic nitrogens is 1. The number of carbonyl (C=O) groups excluding carboxylic acids is 1. The third-order valence-electron chi connectivity index (χ3n) is 5.97. The molecule has 0 spiro atoms. The van der Waals surface area contributed by atoms with Crippen molar-refractivity contribution in [1.29, 1.82) is 0 Å². The lowest BCUT2D eigenvalue weighted by Gasteiger charge is -2.30. The summed E-state index contributed by atoms with van der Waals surface area (Å²) in [6, 6.07) is 11.5. The lowest BCUT2D eigenvalue weighted by atomic mass is 10.1. The Morgan fingerprint density at radius 1 is 1.18 bits per heavy atom.